The molecule has 0 radical (unpaired) electrons. The third kappa shape index (κ3) is 2.42. The molecule has 18 heavy (non-hydrogen) atoms. The van der Waals surface area contributed by atoms with E-state index in [1.165, 1.54) is 18.4 Å². The van der Waals surface area contributed by atoms with Gasteiger partial charge in [0.05, 0.1) is 0 Å². The van der Waals surface area contributed by atoms with E-state index in [1.807, 2.05) is 6.07 Å². The Morgan fingerprint density at radius 2 is 2.28 bits per heavy atom. The quantitative estimate of drug-likeness (QED) is 0.860. The molecule has 0 amide bonds. The number of halogens is 2. The summed E-state index contributed by atoms with van der Waals surface area (Å²) < 4.78 is 0. The highest BCUT2D eigenvalue weighted by Gasteiger charge is 2.33. The average Bonchev–Trinajstić information content (AvgIpc) is 2.68. The molecule has 0 aliphatic carbocycles. The Morgan fingerprint density at radius 3 is 3.00 bits per heavy atom. The summed E-state index contributed by atoms with van der Waals surface area (Å²) in [6.07, 6.45) is 2.48. The molecule has 2 aliphatic rings. The molecule has 3 heterocycles. The van der Waals surface area contributed by atoms with Crippen LogP contribution in [0.2, 0.25) is 5.15 Å². The van der Waals surface area contributed by atoms with Gasteiger partial charge < -0.3 is 10.2 Å². The third-order valence-electron chi connectivity index (χ3n) is 3.76. The van der Waals surface area contributed by atoms with E-state index in [2.05, 4.69) is 27.3 Å². The molecular weight excluding hydrogens is 271 g/mol. The Bertz CT molecular complexity index is 421. The standard InChI is InChI=1S/C12H17ClN4.ClH/c1-8-7-17(9-3-2-4-14-6-9)12-10(8)5-11(13)15-16-12;/h5,8-9,14H,2-4,6-7H2,1H3;1H/t8?,9-;/m1./s1. The first-order chi connectivity index (χ1) is 8.25. The van der Waals surface area contributed by atoms with E-state index in [1.54, 1.807) is 0 Å². The Morgan fingerprint density at radius 1 is 1.44 bits per heavy atom. The van der Waals surface area contributed by atoms with Crippen molar-refractivity contribution < 1.29 is 0 Å². The fourth-order valence-corrected chi connectivity index (χ4v) is 3.02. The van der Waals surface area contributed by atoms with Crippen LogP contribution < -0.4 is 10.2 Å². The molecule has 1 unspecified atom stereocenters. The van der Waals surface area contributed by atoms with Gasteiger partial charge in [0.2, 0.25) is 0 Å². The van der Waals surface area contributed by atoms with Crippen LogP contribution in [0.15, 0.2) is 6.07 Å². The van der Waals surface area contributed by atoms with Crippen molar-refractivity contribution in [3.63, 3.8) is 0 Å². The second kappa shape index (κ2) is 5.59. The highest BCUT2D eigenvalue weighted by atomic mass is 35.5. The molecule has 4 nitrogen and oxygen atoms in total. The van der Waals surface area contributed by atoms with Crippen LogP contribution >= 0.6 is 24.0 Å². The summed E-state index contributed by atoms with van der Waals surface area (Å²) in [5, 5.41) is 12.2. The smallest absolute Gasteiger partial charge is 0.155 e. The maximum absolute atomic E-state index is 5.92. The van der Waals surface area contributed by atoms with E-state index >= 15 is 0 Å². The molecule has 1 N–H and O–H groups in total. The molecule has 0 saturated carbocycles. The van der Waals surface area contributed by atoms with Gasteiger partial charge in [0.1, 0.15) is 0 Å². The summed E-state index contributed by atoms with van der Waals surface area (Å²) in [6.45, 7) is 5.46. The van der Waals surface area contributed by atoms with E-state index in [-0.39, 0.29) is 12.4 Å². The second-order valence-electron chi connectivity index (χ2n) is 5.00. The first-order valence-corrected chi connectivity index (χ1v) is 6.64. The van der Waals surface area contributed by atoms with Gasteiger partial charge in [-0.15, -0.1) is 22.6 Å². The zero-order valence-corrected chi connectivity index (χ0v) is 12.0. The van der Waals surface area contributed by atoms with E-state index in [0.29, 0.717) is 17.1 Å². The first-order valence-electron chi connectivity index (χ1n) is 6.26. The number of fused-ring (bicyclic) bond motifs is 1. The lowest BCUT2D eigenvalue weighted by Crippen LogP contribution is -2.45. The molecule has 0 bridgehead atoms. The molecule has 0 aromatic carbocycles. The summed E-state index contributed by atoms with van der Waals surface area (Å²) in [7, 11) is 0. The number of rotatable bonds is 1. The first kappa shape index (κ1) is 13.8. The van der Waals surface area contributed by atoms with Gasteiger partial charge in [-0.1, -0.05) is 18.5 Å². The van der Waals surface area contributed by atoms with Gasteiger partial charge in [-0.3, -0.25) is 0 Å². The molecule has 1 saturated heterocycles. The van der Waals surface area contributed by atoms with E-state index in [9.17, 15) is 0 Å². The van der Waals surface area contributed by atoms with Crippen molar-refractivity contribution in [3.05, 3.63) is 16.8 Å². The molecule has 0 spiro atoms. The predicted octanol–water partition coefficient (Wildman–Crippen LogP) is 2.23. The molecule has 2 atom stereocenters. The van der Waals surface area contributed by atoms with Crippen molar-refractivity contribution in [3.8, 4) is 0 Å². The lowest BCUT2D eigenvalue weighted by molar-refractivity contribution is 0.431. The molecule has 1 aromatic rings. The fraction of sp³-hybridized carbons (Fsp3) is 0.667. The number of hydrogen-bond acceptors (Lipinski definition) is 4. The number of piperidine rings is 1. The monoisotopic (exact) mass is 288 g/mol. The van der Waals surface area contributed by atoms with Gasteiger partial charge in [-0.2, -0.15) is 0 Å². The van der Waals surface area contributed by atoms with Crippen LogP contribution in [0.1, 0.15) is 31.2 Å². The number of nitrogens with zero attached hydrogens (tertiary/aromatic N) is 3. The third-order valence-corrected chi connectivity index (χ3v) is 3.94. The molecule has 2 aliphatic heterocycles. The van der Waals surface area contributed by atoms with Crippen LogP contribution in [0.3, 0.4) is 0 Å². The van der Waals surface area contributed by atoms with Crippen molar-refractivity contribution in [2.24, 2.45) is 0 Å². The highest BCUT2D eigenvalue weighted by molar-refractivity contribution is 6.29. The van der Waals surface area contributed by atoms with Crippen molar-refractivity contribution in [2.45, 2.75) is 31.7 Å². The summed E-state index contributed by atoms with van der Waals surface area (Å²) in [5.74, 6) is 1.54. The van der Waals surface area contributed by atoms with E-state index < -0.39 is 0 Å². The average molecular weight is 289 g/mol. The van der Waals surface area contributed by atoms with Crippen LogP contribution in [0.4, 0.5) is 5.82 Å². The maximum atomic E-state index is 5.92. The molecular formula is C12H18Cl2N4. The van der Waals surface area contributed by atoms with Gasteiger partial charge in [-0.25, -0.2) is 0 Å². The van der Waals surface area contributed by atoms with Gasteiger partial charge in [0.15, 0.2) is 11.0 Å². The van der Waals surface area contributed by atoms with Gasteiger partial charge >= 0.3 is 0 Å². The van der Waals surface area contributed by atoms with Crippen LogP contribution in [0.25, 0.3) is 0 Å². The zero-order chi connectivity index (χ0) is 11.8. The van der Waals surface area contributed by atoms with E-state index in [4.69, 9.17) is 11.6 Å². The topological polar surface area (TPSA) is 41.0 Å². The van der Waals surface area contributed by atoms with Gasteiger partial charge in [0.25, 0.3) is 0 Å². The molecule has 1 fully saturated rings. The Labute approximate surface area is 119 Å². The fourth-order valence-electron chi connectivity index (χ4n) is 2.86. The van der Waals surface area contributed by atoms with Gasteiger partial charge in [0, 0.05) is 30.6 Å². The minimum absolute atomic E-state index is 0. The number of anilines is 1. The van der Waals surface area contributed by atoms with Gasteiger partial charge in [-0.05, 0) is 25.5 Å². The largest absolute Gasteiger partial charge is 0.350 e. The van der Waals surface area contributed by atoms with Crippen LogP contribution in [-0.2, 0) is 0 Å². The molecule has 100 valence electrons. The number of nitrogens with one attached hydrogen (secondary N) is 1. The Balaban J connectivity index is 0.00000120. The normalized spacial score (nSPS) is 26.7. The zero-order valence-electron chi connectivity index (χ0n) is 10.4. The van der Waals surface area contributed by atoms with Crippen molar-refractivity contribution >= 4 is 29.8 Å². The van der Waals surface area contributed by atoms with Crippen LogP contribution in [0.5, 0.6) is 0 Å². The summed E-state index contributed by atoms with van der Waals surface area (Å²) in [5.41, 5.74) is 1.25. The van der Waals surface area contributed by atoms with E-state index in [0.717, 1.165) is 25.5 Å². The van der Waals surface area contributed by atoms with Crippen molar-refractivity contribution in [1.29, 1.82) is 0 Å². The summed E-state index contributed by atoms with van der Waals surface area (Å²) in [6, 6.07) is 2.52. The van der Waals surface area contributed by atoms with Crippen molar-refractivity contribution in [1.82, 2.24) is 15.5 Å². The lowest BCUT2D eigenvalue weighted by Gasteiger charge is -2.32. The highest BCUT2D eigenvalue weighted by Crippen LogP contribution is 2.36. The van der Waals surface area contributed by atoms with Crippen LogP contribution in [-0.4, -0.2) is 35.9 Å². The minimum Gasteiger partial charge on any atom is -0.350 e. The molecule has 6 heteroatoms. The molecule has 1 aromatic heterocycles. The SMILES string of the molecule is CC1CN([C@@H]2CCCNC2)c2nnc(Cl)cc21.Cl. The number of hydrogen-bond donors (Lipinski definition) is 1. The lowest BCUT2D eigenvalue weighted by atomic mass is 10.1. The Hall–Kier alpha value is -0.580. The maximum Gasteiger partial charge on any atom is 0.155 e. The van der Waals surface area contributed by atoms with Crippen molar-refractivity contribution in [2.75, 3.05) is 24.5 Å². The summed E-state index contributed by atoms with van der Waals surface area (Å²) >= 11 is 5.92. The second-order valence-corrected chi connectivity index (χ2v) is 5.39. The minimum atomic E-state index is 0. The molecule has 3 rings (SSSR count). The number of aromatic nitrogens is 2. The predicted molar refractivity (Wildman–Crippen MR) is 75.9 cm³/mol. The summed E-state index contributed by atoms with van der Waals surface area (Å²) in [4.78, 5) is 2.40. The Kier molecular flexibility index (Phi) is 4.30. The van der Waals surface area contributed by atoms with Crippen LogP contribution in [0, 0.1) is 0 Å².